The van der Waals surface area contributed by atoms with Crippen molar-refractivity contribution in [1.29, 1.82) is 0 Å². The zero-order valence-electron chi connectivity index (χ0n) is 49.9. The van der Waals surface area contributed by atoms with Crippen LogP contribution in [0.25, 0.3) is 0 Å². The lowest BCUT2D eigenvalue weighted by Gasteiger charge is -2.18. The summed E-state index contributed by atoms with van der Waals surface area (Å²) in [4.78, 5) is 37.9. The van der Waals surface area contributed by atoms with Gasteiger partial charge in [-0.25, -0.2) is 0 Å². The Morgan fingerprint density at radius 3 is 0.792 bits per heavy atom. The van der Waals surface area contributed by atoms with Crippen LogP contribution in [0, 0.1) is 0 Å². The first-order valence-electron chi connectivity index (χ1n) is 31.7. The molecule has 0 fully saturated rings. The van der Waals surface area contributed by atoms with E-state index in [9.17, 15) is 14.4 Å². The average molecular weight is 1070 g/mol. The number of hydrogen-bond donors (Lipinski definition) is 0. The fourth-order valence-electron chi connectivity index (χ4n) is 8.47. The van der Waals surface area contributed by atoms with Crippen molar-refractivity contribution in [2.45, 2.75) is 284 Å². The van der Waals surface area contributed by atoms with E-state index in [0.29, 0.717) is 19.3 Å². The summed E-state index contributed by atoms with van der Waals surface area (Å²) in [7, 11) is 0. The van der Waals surface area contributed by atoms with E-state index in [-0.39, 0.29) is 31.1 Å². The van der Waals surface area contributed by atoms with Crippen molar-refractivity contribution < 1.29 is 28.6 Å². The van der Waals surface area contributed by atoms with Crippen molar-refractivity contribution in [3.63, 3.8) is 0 Å². The van der Waals surface area contributed by atoms with E-state index in [1.54, 1.807) is 0 Å². The van der Waals surface area contributed by atoms with Gasteiger partial charge in [-0.15, -0.1) is 0 Å². The molecule has 1 unspecified atom stereocenters. The van der Waals surface area contributed by atoms with E-state index in [1.165, 1.54) is 96.3 Å². The maximum atomic E-state index is 12.8. The lowest BCUT2D eigenvalue weighted by molar-refractivity contribution is -0.167. The summed E-state index contributed by atoms with van der Waals surface area (Å²) in [6, 6.07) is 0. The molecule has 0 aliphatic heterocycles. The van der Waals surface area contributed by atoms with Crippen LogP contribution in [0.4, 0.5) is 0 Å². The molecule has 77 heavy (non-hydrogen) atoms. The van der Waals surface area contributed by atoms with Crippen LogP contribution in [-0.4, -0.2) is 37.2 Å². The Morgan fingerprint density at radius 2 is 0.506 bits per heavy atom. The Balaban J connectivity index is 4.08. The topological polar surface area (TPSA) is 78.9 Å². The highest BCUT2D eigenvalue weighted by Crippen LogP contribution is 2.15. The molecule has 0 aromatic rings. The second-order valence-corrected chi connectivity index (χ2v) is 20.6. The molecule has 0 heterocycles. The van der Waals surface area contributed by atoms with Crippen LogP contribution in [0.2, 0.25) is 0 Å². The Kier molecular flexibility index (Phi) is 60.4. The molecule has 0 aliphatic carbocycles. The molecule has 0 saturated heterocycles. The monoisotopic (exact) mass is 1060 g/mol. The molecule has 0 rings (SSSR count). The second-order valence-electron chi connectivity index (χ2n) is 20.6. The van der Waals surface area contributed by atoms with Gasteiger partial charge in [0.1, 0.15) is 13.2 Å². The third-order valence-corrected chi connectivity index (χ3v) is 13.2. The number of unbranched alkanes of at least 4 members (excludes halogenated alkanes) is 23. The largest absolute Gasteiger partial charge is 0.462 e. The van der Waals surface area contributed by atoms with Crippen LogP contribution in [-0.2, 0) is 28.6 Å². The van der Waals surface area contributed by atoms with Crippen molar-refractivity contribution in [2.24, 2.45) is 0 Å². The predicted molar refractivity (Wildman–Crippen MR) is 334 cm³/mol. The van der Waals surface area contributed by atoms with Crippen molar-refractivity contribution in [2.75, 3.05) is 13.2 Å². The van der Waals surface area contributed by atoms with Crippen molar-refractivity contribution in [3.8, 4) is 0 Å². The van der Waals surface area contributed by atoms with E-state index in [1.807, 2.05) is 0 Å². The minimum atomic E-state index is -0.785. The van der Waals surface area contributed by atoms with Gasteiger partial charge >= 0.3 is 17.9 Å². The van der Waals surface area contributed by atoms with E-state index >= 15 is 0 Å². The van der Waals surface area contributed by atoms with Gasteiger partial charge in [-0.2, -0.15) is 0 Å². The average Bonchev–Trinajstić information content (AvgIpc) is 3.43. The Morgan fingerprint density at radius 1 is 0.273 bits per heavy atom. The third-order valence-electron chi connectivity index (χ3n) is 13.2. The quantitative estimate of drug-likeness (QED) is 0.0261. The van der Waals surface area contributed by atoms with Gasteiger partial charge in [0.2, 0.25) is 0 Å². The minimum Gasteiger partial charge on any atom is -0.462 e. The van der Waals surface area contributed by atoms with Gasteiger partial charge in [-0.05, 0) is 116 Å². The Bertz CT molecular complexity index is 1650. The first-order valence-corrected chi connectivity index (χ1v) is 31.7. The highest BCUT2D eigenvalue weighted by atomic mass is 16.6. The molecule has 0 N–H and O–H groups in total. The van der Waals surface area contributed by atoms with Gasteiger partial charge in [0.05, 0.1) is 0 Å². The summed E-state index contributed by atoms with van der Waals surface area (Å²) in [5.41, 5.74) is 0. The Hall–Kier alpha value is -4.45. The molecule has 1 atom stereocenters. The van der Waals surface area contributed by atoms with Gasteiger partial charge in [-0.3, -0.25) is 14.4 Å². The first kappa shape index (κ1) is 72.5. The lowest BCUT2D eigenvalue weighted by Crippen LogP contribution is -2.30. The number of ether oxygens (including phenoxy) is 3. The highest BCUT2D eigenvalue weighted by Gasteiger charge is 2.19. The summed E-state index contributed by atoms with van der Waals surface area (Å²) >= 11 is 0. The molecule has 0 bridgehead atoms. The molecule has 6 nitrogen and oxygen atoms in total. The molecule has 436 valence electrons. The number of allylic oxidation sites excluding steroid dienone is 22. The van der Waals surface area contributed by atoms with Gasteiger partial charge in [0, 0.05) is 19.3 Å². The number of rotatable bonds is 56. The fourth-order valence-corrected chi connectivity index (χ4v) is 8.47. The summed E-state index contributed by atoms with van der Waals surface area (Å²) in [6.45, 7) is 6.32. The molecular weight excluding hydrogens is 949 g/mol. The summed E-state index contributed by atoms with van der Waals surface area (Å²) < 4.78 is 16.8. The maximum Gasteiger partial charge on any atom is 0.306 e. The lowest BCUT2D eigenvalue weighted by atomic mass is 10.0. The minimum absolute atomic E-state index is 0.0858. The Labute approximate surface area is 475 Å². The normalized spacial score (nSPS) is 13.0. The van der Waals surface area contributed by atoms with Gasteiger partial charge in [-0.1, -0.05) is 276 Å². The van der Waals surface area contributed by atoms with E-state index < -0.39 is 6.10 Å². The zero-order chi connectivity index (χ0) is 55.7. The molecule has 0 amide bonds. The van der Waals surface area contributed by atoms with Crippen molar-refractivity contribution >= 4 is 17.9 Å². The highest BCUT2D eigenvalue weighted by molar-refractivity contribution is 5.71. The molecular formula is C71H116O6. The van der Waals surface area contributed by atoms with Crippen LogP contribution in [0.3, 0.4) is 0 Å². The van der Waals surface area contributed by atoms with Gasteiger partial charge in [0.25, 0.3) is 0 Å². The molecule has 6 heteroatoms. The predicted octanol–water partition coefficient (Wildman–Crippen LogP) is 21.8. The van der Waals surface area contributed by atoms with Crippen LogP contribution in [0.15, 0.2) is 134 Å². The SMILES string of the molecule is CC/C=C\C/C=C\C/C=C\C/C=C\C/C=C\C/C=C\CCCCCCCCCCCCCCC(=O)OCC(COC(=O)CCCCCCC)OC(=O)CCCCCCCCC/C=C\C/C=C\C/C=C\C/C=C\C/C=C\CC. The van der Waals surface area contributed by atoms with E-state index in [2.05, 4.69) is 154 Å². The van der Waals surface area contributed by atoms with Crippen LogP contribution in [0.1, 0.15) is 278 Å². The molecule has 0 aliphatic rings. The van der Waals surface area contributed by atoms with Crippen LogP contribution < -0.4 is 0 Å². The van der Waals surface area contributed by atoms with E-state index in [0.717, 1.165) is 141 Å². The number of carbonyl (C=O) groups excluding carboxylic acids is 3. The summed E-state index contributed by atoms with van der Waals surface area (Å²) in [5.74, 6) is -0.912. The molecule has 0 aromatic heterocycles. The summed E-state index contributed by atoms with van der Waals surface area (Å²) in [5, 5.41) is 0. The first-order chi connectivity index (χ1) is 38.0. The zero-order valence-corrected chi connectivity index (χ0v) is 49.9. The third kappa shape index (κ3) is 62.3. The van der Waals surface area contributed by atoms with Crippen molar-refractivity contribution in [1.82, 2.24) is 0 Å². The molecule has 0 saturated carbocycles. The number of hydrogen-bond acceptors (Lipinski definition) is 6. The standard InChI is InChI=1S/C71H116O6/c1-4-7-10-13-15-17-19-21-23-25-27-29-31-32-33-34-35-36-37-38-40-41-43-45-47-49-51-53-55-58-61-64-70(73)76-67-68(66-75-69(72)63-60-57-12-9-6-3)77-71(74)65-62-59-56-54-52-50-48-46-44-42-39-30-28-26-24-22-20-18-16-14-11-8-5-2/h7-8,10-11,15-18,21-24,27-30,32-33,35-36,42,44,68H,4-6,9,12-14,19-20,25-26,31,34,37-41,43,45-67H2,1-3H3/b10-7-,11-8-,17-15-,18-16-,23-21-,24-22-,29-27-,30-28-,33-32-,36-35-,44-42-. The van der Waals surface area contributed by atoms with Gasteiger partial charge in [0.15, 0.2) is 6.10 Å². The summed E-state index contributed by atoms with van der Waals surface area (Å²) in [6.07, 6.45) is 90.7. The number of carbonyl (C=O) groups is 3. The maximum absolute atomic E-state index is 12.8. The molecule has 0 aromatic carbocycles. The van der Waals surface area contributed by atoms with Crippen LogP contribution >= 0.6 is 0 Å². The smallest absolute Gasteiger partial charge is 0.306 e. The fraction of sp³-hybridized carbons (Fsp3) is 0.648. The van der Waals surface area contributed by atoms with E-state index in [4.69, 9.17) is 14.2 Å². The van der Waals surface area contributed by atoms with Crippen LogP contribution in [0.5, 0.6) is 0 Å². The van der Waals surface area contributed by atoms with Crippen molar-refractivity contribution in [3.05, 3.63) is 134 Å². The van der Waals surface area contributed by atoms with Gasteiger partial charge < -0.3 is 14.2 Å². The second kappa shape index (κ2) is 64.1. The molecule has 0 spiro atoms. The number of esters is 3. The molecule has 0 radical (unpaired) electrons.